The molecule has 0 unspecified atom stereocenters. The third-order valence-electron chi connectivity index (χ3n) is 2.79. The fourth-order valence-electron chi connectivity index (χ4n) is 1.88. The van der Waals surface area contributed by atoms with Gasteiger partial charge in [0.15, 0.2) is 0 Å². The number of hydrogen-bond donors (Lipinski definition) is 1. The lowest BCUT2D eigenvalue weighted by Gasteiger charge is -2.18. The summed E-state index contributed by atoms with van der Waals surface area (Å²) in [5.41, 5.74) is 1.94. The van der Waals surface area contributed by atoms with Crippen molar-refractivity contribution in [3.8, 4) is 5.75 Å². The second-order valence-electron chi connectivity index (χ2n) is 3.95. The normalized spacial score (nSPS) is 13.4. The molecule has 0 radical (unpaired) electrons. The van der Waals surface area contributed by atoms with E-state index >= 15 is 0 Å². The summed E-state index contributed by atoms with van der Waals surface area (Å²) in [6, 6.07) is 4.82. The van der Waals surface area contributed by atoms with Crippen LogP contribution in [0.1, 0.15) is 15.9 Å². The first kappa shape index (κ1) is 10.6. The maximum absolute atomic E-state index is 10.9. The summed E-state index contributed by atoms with van der Waals surface area (Å²) in [7, 11) is 0. The van der Waals surface area contributed by atoms with Crippen LogP contribution in [0.25, 0.3) is 11.8 Å². The number of hydrogen-bond acceptors (Lipinski definition) is 3. The molecule has 0 fully saturated rings. The number of fused-ring (bicyclic) bond motifs is 1. The Bertz CT molecular complexity index is 630. The van der Waals surface area contributed by atoms with Crippen LogP contribution < -0.4 is 4.74 Å². The third-order valence-corrected chi connectivity index (χ3v) is 2.79. The molecule has 0 bridgehead atoms. The Balaban J connectivity index is 2.05. The molecule has 1 N–H and O–H groups in total. The number of rotatable bonds is 2. The van der Waals surface area contributed by atoms with E-state index in [1.807, 2.05) is 16.8 Å². The Morgan fingerprint density at radius 1 is 1.44 bits per heavy atom. The number of benzene rings is 1. The number of aromatic carboxylic acids is 1. The van der Waals surface area contributed by atoms with Gasteiger partial charge >= 0.3 is 5.97 Å². The van der Waals surface area contributed by atoms with Gasteiger partial charge < -0.3 is 14.4 Å². The second kappa shape index (κ2) is 4.03. The van der Waals surface area contributed by atoms with Crippen molar-refractivity contribution in [1.29, 1.82) is 0 Å². The Kier molecular flexibility index (Phi) is 2.37. The van der Waals surface area contributed by atoms with Gasteiger partial charge in [-0.25, -0.2) is 9.78 Å². The maximum Gasteiger partial charge on any atom is 0.335 e. The molecule has 1 aliphatic heterocycles. The Morgan fingerprint density at radius 2 is 2.33 bits per heavy atom. The van der Waals surface area contributed by atoms with Crippen LogP contribution in [0.3, 0.4) is 0 Å². The Morgan fingerprint density at radius 3 is 3.06 bits per heavy atom. The van der Waals surface area contributed by atoms with Crippen LogP contribution in [0.5, 0.6) is 5.75 Å². The van der Waals surface area contributed by atoms with Gasteiger partial charge in [-0.3, -0.25) is 0 Å². The van der Waals surface area contributed by atoms with Crippen LogP contribution in [0, 0.1) is 0 Å². The lowest BCUT2D eigenvalue weighted by molar-refractivity contribution is 0.0697. The van der Waals surface area contributed by atoms with Gasteiger partial charge in [-0.15, -0.1) is 0 Å². The molecule has 5 nitrogen and oxygen atoms in total. The van der Waals surface area contributed by atoms with E-state index in [1.54, 1.807) is 24.7 Å². The number of nitrogens with zero attached hydrogens (tertiary/aromatic N) is 2. The molecule has 1 aromatic carbocycles. The van der Waals surface area contributed by atoms with Crippen molar-refractivity contribution < 1.29 is 14.6 Å². The van der Waals surface area contributed by atoms with E-state index in [0.29, 0.717) is 12.4 Å². The third kappa shape index (κ3) is 1.75. The summed E-state index contributed by atoms with van der Waals surface area (Å²) in [5.74, 6) is -0.246. The zero-order valence-corrected chi connectivity index (χ0v) is 9.41. The number of carboxylic acid groups (broad SMARTS) is 1. The SMILES string of the molecule is O=C(O)c1ccc2c(c1)C=C(n1ccnc1)CO2. The van der Waals surface area contributed by atoms with Crippen molar-refractivity contribution in [2.75, 3.05) is 6.61 Å². The molecule has 1 aromatic heterocycles. The maximum atomic E-state index is 10.9. The van der Waals surface area contributed by atoms with Gasteiger partial charge in [0.1, 0.15) is 12.4 Å². The minimum atomic E-state index is -0.944. The highest BCUT2D eigenvalue weighted by atomic mass is 16.5. The van der Waals surface area contributed by atoms with E-state index in [0.717, 1.165) is 11.3 Å². The van der Waals surface area contributed by atoms with Crippen LogP contribution in [-0.2, 0) is 0 Å². The van der Waals surface area contributed by atoms with Crippen molar-refractivity contribution in [2.45, 2.75) is 0 Å². The van der Waals surface area contributed by atoms with E-state index in [4.69, 9.17) is 9.84 Å². The van der Waals surface area contributed by atoms with Crippen LogP contribution in [0.15, 0.2) is 36.9 Å². The summed E-state index contributed by atoms with van der Waals surface area (Å²) in [5, 5.41) is 8.96. The highest BCUT2D eigenvalue weighted by molar-refractivity contribution is 5.90. The molecule has 2 heterocycles. The van der Waals surface area contributed by atoms with Crippen LogP contribution >= 0.6 is 0 Å². The molecule has 1 aliphatic rings. The molecule has 90 valence electrons. The molecule has 0 spiro atoms. The highest BCUT2D eigenvalue weighted by Crippen LogP contribution is 2.28. The quantitative estimate of drug-likeness (QED) is 0.874. The molecule has 3 rings (SSSR count). The van der Waals surface area contributed by atoms with E-state index in [1.165, 1.54) is 6.07 Å². The number of imidazole rings is 1. The zero-order valence-electron chi connectivity index (χ0n) is 9.41. The van der Waals surface area contributed by atoms with Crippen LogP contribution in [0.4, 0.5) is 0 Å². The van der Waals surface area contributed by atoms with E-state index in [-0.39, 0.29) is 5.56 Å². The second-order valence-corrected chi connectivity index (χ2v) is 3.95. The molecule has 0 aliphatic carbocycles. The summed E-state index contributed by atoms with van der Waals surface area (Å²) in [6.45, 7) is 0.440. The fraction of sp³-hybridized carbons (Fsp3) is 0.0769. The average molecular weight is 242 g/mol. The van der Waals surface area contributed by atoms with Gasteiger partial charge in [-0.05, 0) is 24.3 Å². The molecule has 0 atom stereocenters. The number of carbonyl (C=O) groups is 1. The summed E-state index contributed by atoms with van der Waals surface area (Å²) in [4.78, 5) is 14.9. The minimum absolute atomic E-state index is 0.250. The van der Waals surface area contributed by atoms with Gasteiger partial charge in [0.2, 0.25) is 0 Å². The van der Waals surface area contributed by atoms with E-state index in [9.17, 15) is 4.79 Å². The van der Waals surface area contributed by atoms with Crippen LogP contribution in [0.2, 0.25) is 0 Å². The van der Waals surface area contributed by atoms with Crippen molar-refractivity contribution in [1.82, 2.24) is 9.55 Å². The Hall–Kier alpha value is -2.56. The molecule has 18 heavy (non-hydrogen) atoms. The molecular weight excluding hydrogens is 232 g/mol. The standard InChI is InChI=1S/C13H10N2O3/c16-13(17)9-1-2-12-10(5-9)6-11(7-18-12)15-4-3-14-8-15/h1-6,8H,7H2,(H,16,17). The van der Waals surface area contributed by atoms with Crippen molar-refractivity contribution >= 4 is 17.7 Å². The monoisotopic (exact) mass is 242 g/mol. The van der Waals surface area contributed by atoms with Gasteiger partial charge in [0.25, 0.3) is 0 Å². The largest absolute Gasteiger partial charge is 0.487 e. The topological polar surface area (TPSA) is 64.3 Å². The summed E-state index contributed by atoms with van der Waals surface area (Å²) >= 11 is 0. The highest BCUT2D eigenvalue weighted by Gasteiger charge is 2.14. The number of carboxylic acids is 1. The molecule has 0 saturated carbocycles. The summed E-state index contributed by atoms with van der Waals surface area (Å²) in [6.07, 6.45) is 7.10. The molecular formula is C13H10N2O3. The van der Waals surface area contributed by atoms with Gasteiger partial charge in [-0.2, -0.15) is 0 Å². The van der Waals surface area contributed by atoms with Crippen molar-refractivity contribution in [3.63, 3.8) is 0 Å². The van der Waals surface area contributed by atoms with E-state index in [2.05, 4.69) is 4.98 Å². The fourth-order valence-corrected chi connectivity index (χ4v) is 1.88. The molecule has 5 heteroatoms. The van der Waals surface area contributed by atoms with Gasteiger partial charge in [0.05, 0.1) is 17.6 Å². The first-order chi connectivity index (χ1) is 8.74. The first-order valence-electron chi connectivity index (χ1n) is 5.43. The predicted molar refractivity (Wildman–Crippen MR) is 65.3 cm³/mol. The smallest absolute Gasteiger partial charge is 0.335 e. The number of aromatic nitrogens is 2. The number of ether oxygens (including phenoxy) is 1. The molecule has 2 aromatic rings. The lowest BCUT2D eigenvalue weighted by Crippen LogP contribution is -2.11. The van der Waals surface area contributed by atoms with Gasteiger partial charge in [-0.1, -0.05) is 0 Å². The first-order valence-corrected chi connectivity index (χ1v) is 5.43. The zero-order chi connectivity index (χ0) is 12.5. The van der Waals surface area contributed by atoms with E-state index < -0.39 is 5.97 Å². The minimum Gasteiger partial charge on any atom is -0.487 e. The molecule has 0 saturated heterocycles. The average Bonchev–Trinajstić information content (AvgIpc) is 2.91. The summed E-state index contributed by atoms with van der Waals surface area (Å²) < 4.78 is 7.43. The molecule has 0 amide bonds. The van der Waals surface area contributed by atoms with Crippen molar-refractivity contribution in [3.05, 3.63) is 48.0 Å². The lowest BCUT2D eigenvalue weighted by atomic mass is 10.1. The van der Waals surface area contributed by atoms with Crippen LogP contribution in [-0.4, -0.2) is 27.2 Å². The predicted octanol–water partition coefficient (Wildman–Crippen LogP) is 1.97. The Labute approximate surface area is 103 Å². The van der Waals surface area contributed by atoms with Crippen molar-refractivity contribution in [2.24, 2.45) is 0 Å². The van der Waals surface area contributed by atoms with Gasteiger partial charge in [0, 0.05) is 18.0 Å².